The van der Waals surface area contributed by atoms with Gasteiger partial charge in [0.2, 0.25) is 0 Å². The van der Waals surface area contributed by atoms with Crippen LogP contribution in [-0.4, -0.2) is 20.7 Å². The summed E-state index contributed by atoms with van der Waals surface area (Å²) in [6, 6.07) is 17.8. The monoisotopic (exact) mass is 320 g/mol. The molecule has 2 heterocycles. The van der Waals surface area contributed by atoms with Gasteiger partial charge in [-0.15, -0.1) is 0 Å². The van der Waals surface area contributed by atoms with Crippen molar-refractivity contribution in [2.45, 2.75) is 6.54 Å². The first-order valence-corrected chi connectivity index (χ1v) is 7.46. The molecule has 0 aliphatic rings. The Morgan fingerprint density at radius 1 is 1.04 bits per heavy atom. The highest BCUT2D eigenvalue weighted by Crippen LogP contribution is 2.16. The highest BCUT2D eigenvalue weighted by Gasteiger charge is 2.21. The smallest absolute Gasteiger partial charge is 0.280 e. The minimum absolute atomic E-state index is 0.193. The van der Waals surface area contributed by atoms with Gasteiger partial charge in [-0.25, -0.2) is 9.67 Å². The molecule has 1 amide bonds. The fraction of sp³-hybridized carbons (Fsp3) is 0.111. The SMILES string of the molecule is Cn1nc(C(=O)N(Cc2ccccc2)c2ccccn2)ccc1=O. The maximum Gasteiger partial charge on any atom is 0.280 e. The van der Waals surface area contributed by atoms with Crippen molar-refractivity contribution in [2.75, 3.05) is 4.90 Å². The second kappa shape index (κ2) is 6.87. The van der Waals surface area contributed by atoms with E-state index in [4.69, 9.17) is 0 Å². The summed E-state index contributed by atoms with van der Waals surface area (Å²) in [4.78, 5) is 30.2. The molecule has 0 aliphatic carbocycles. The van der Waals surface area contributed by atoms with E-state index in [0.717, 1.165) is 10.2 Å². The number of aromatic nitrogens is 3. The van der Waals surface area contributed by atoms with Crippen LogP contribution < -0.4 is 10.5 Å². The number of amides is 1. The van der Waals surface area contributed by atoms with Gasteiger partial charge in [0.15, 0.2) is 0 Å². The van der Waals surface area contributed by atoms with Crippen LogP contribution in [0.25, 0.3) is 0 Å². The van der Waals surface area contributed by atoms with Gasteiger partial charge in [0, 0.05) is 19.3 Å². The molecule has 6 nitrogen and oxygen atoms in total. The third-order valence-electron chi connectivity index (χ3n) is 3.53. The van der Waals surface area contributed by atoms with Crippen molar-refractivity contribution in [1.82, 2.24) is 14.8 Å². The zero-order valence-corrected chi connectivity index (χ0v) is 13.2. The molecule has 0 fully saturated rings. The molecule has 3 aromatic rings. The van der Waals surface area contributed by atoms with Crippen LogP contribution in [0.5, 0.6) is 0 Å². The predicted octanol–water partition coefficient (Wildman–Crippen LogP) is 2.02. The van der Waals surface area contributed by atoms with Gasteiger partial charge in [-0.1, -0.05) is 36.4 Å². The summed E-state index contributed by atoms with van der Waals surface area (Å²) in [6.07, 6.45) is 1.63. The Balaban J connectivity index is 1.99. The summed E-state index contributed by atoms with van der Waals surface area (Å²) < 4.78 is 1.15. The number of carbonyl (C=O) groups excluding carboxylic acids is 1. The van der Waals surface area contributed by atoms with Crippen molar-refractivity contribution in [1.29, 1.82) is 0 Å². The van der Waals surface area contributed by atoms with E-state index in [1.807, 2.05) is 36.4 Å². The summed E-state index contributed by atoms with van der Waals surface area (Å²) in [5.74, 6) is 0.218. The Kier molecular flexibility index (Phi) is 4.47. The Labute approximate surface area is 139 Å². The van der Waals surface area contributed by atoms with Crippen LogP contribution in [0, 0.1) is 0 Å². The average molecular weight is 320 g/mol. The van der Waals surface area contributed by atoms with Crippen LogP contribution in [0.2, 0.25) is 0 Å². The van der Waals surface area contributed by atoms with E-state index in [1.54, 1.807) is 23.2 Å². The van der Waals surface area contributed by atoms with Gasteiger partial charge in [0.05, 0.1) is 6.54 Å². The molecular weight excluding hydrogens is 304 g/mol. The second-order valence-electron chi connectivity index (χ2n) is 5.25. The van der Waals surface area contributed by atoms with Gasteiger partial charge in [-0.05, 0) is 23.8 Å². The third kappa shape index (κ3) is 3.38. The van der Waals surface area contributed by atoms with Gasteiger partial charge in [0.1, 0.15) is 11.5 Å². The molecule has 0 radical (unpaired) electrons. The number of anilines is 1. The molecule has 2 aromatic heterocycles. The maximum absolute atomic E-state index is 12.9. The van der Waals surface area contributed by atoms with Gasteiger partial charge < -0.3 is 0 Å². The fourth-order valence-corrected chi connectivity index (χ4v) is 2.29. The molecule has 0 unspecified atom stereocenters. The Hall–Kier alpha value is -3.28. The molecule has 24 heavy (non-hydrogen) atoms. The summed E-state index contributed by atoms with van der Waals surface area (Å²) in [5, 5.41) is 4.05. The van der Waals surface area contributed by atoms with E-state index in [0.29, 0.717) is 12.4 Å². The molecule has 120 valence electrons. The fourth-order valence-electron chi connectivity index (χ4n) is 2.29. The van der Waals surface area contributed by atoms with E-state index >= 15 is 0 Å². The Bertz CT molecular complexity index is 892. The number of carbonyl (C=O) groups is 1. The van der Waals surface area contributed by atoms with E-state index in [-0.39, 0.29) is 17.2 Å². The molecule has 1 aromatic carbocycles. The molecule has 0 saturated heterocycles. The molecule has 0 aliphatic heterocycles. The van der Waals surface area contributed by atoms with Gasteiger partial charge >= 0.3 is 0 Å². The van der Waals surface area contributed by atoms with Crippen molar-refractivity contribution in [3.8, 4) is 0 Å². The second-order valence-corrected chi connectivity index (χ2v) is 5.25. The standard InChI is InChI=1S/C18H16N4O2/c1-21-17(23)11-10-15(20-21)18(24)22(16-9-5-6-12-19-16)13-14-7-3-2-4-8-14/h2-12H,13H2,1H3. The lowest BCUT2D eigenvalue weighted by molar-refractivity contribution is 0.0977. The first-order valence-electron chi connectivity index (χ1n) is 7.46. The summed E-state index contributed by atoms with van der Waals surface area (Å²) in [6.45, 7) is 0.362. The molecule has 0 spiro atoms. The van der Waals surface area contributed by atoms with E-state index in [9.17, 15) is 9.59 Å². The topological polar surface area (TPSA) is 68.1 Å². The highest BCUT2D eigenvalue weighted by atomic mass is 16.2. The lowest BCUT2D eigenvalue weighted by atomic mass is 10.2. The zero-order valence-electron chi connectivity index (χ0n) is 13.2. The quantitative estimate of drug-likeness (QED) is 0.737. The van der Waals surface area contributed by atoms with Crippen molar-refractivity contribution in [3.63, 3.8) is 0 Å². The average Bonchev–Trinajstić information content (AvgIpc) is 2.63. The van der Waals surface area contributed by atoms with E-state index in [2.05, 4.69) is 10.1 Å². The highest BCUT2D eigenvalue weighted by molar-refractivity contribution is 6.03. The number of benzene rings is 1. The molecule has 0 saturated carbocycles. The number of hydrogen-bond acceptors (Lipinski definition) is 4. The summed E-state index contributed by atoms with van der Waals surface area (Å²) in [5.41, 5.74) is 0.902. The van der Waals surface area contributed by atoms with Crippen LogP contribution >= 0.6 is 0 Å². The first kappa shape index (κ1) is 15.6. The molecule has 0 atom stereocenters. The number of nitrogens with zero attached hydrogens (tertiary/aromatic N) is 4. The van der Waals surface area contributed by atoms with Crippen molar-refractivity contribution in [3.05, 3.63) is 88.5 Å². The van der Waals surface area contributed by atoms with Crippen LogP contribution in [0.4, 0.5) is 5.82 Å². The van der Waals surface area contributed by atoms with Crippen LogP contribution in [0.3, 0.4) is 0 Å². The lowest BCUT2D eigenvalue weighted by Gasteiger charge is -2.21. The van der Waals surface area contributed by atoms with Gasteiger partial charge in [-0.2, -0.15) is 5.10 Å². The van der Waals surface area contributed by atoms with Crippen molar-refractivity contribution >= 4 is 11.7 Å². The molecule has 0 N–H and O–H groups in total. The molecule has 6 heteroatoms. The molecule has 0 bridgehead atoms. The van der Waals surface area contributed by atoms with Gasteiger partial charge in [-0.3, -0.25) is 14.5 Å². The van der Waals surface area contributed by atoms with Gasteiger partial charge in [0.25, 0.3) is 11.5 Å². The van der Waals surface area contributed by atoms with E-state index in [1.165, 1.54) is 19.2 Å². The molecule has 3 rings (SSSR count). The normalized spacial score (nSPS) is 10.4. The third-order valence-corrected chi connectivity index (χ3v) is 3.53. The van der Waals surface area contributed by atoms with Crippen LogP contribution in [0.15, 0.2) is 71.7 Å². The number of pyridine rings is 1. The largest absolute Gasteiger partial charge is 0.287 e. The van der Waals surface area contributed by atoms with Crippen molar-refractivity contribution in [2.24, 2.45) is 7.05 Å². The zero-order chi connectivity index (χ0) is 16.9. The maximum atomic E-state index is 12.9. The van der Waals surface area contributed by atoms with Crippen LogP contribution in [0.1, 0.15) is 16.1 Å². The van der Waals surface area contributed by atoms with Crippen molar-refractivity contribution < 1.29 is 4.79 Å². The first-order chi connectivity index (χ1) is 11.6. The summed E-state index contributed by atoms with van der Waals surface area (Å²) >= 11 is 0. The number of rotatable bonds is 4. The number of aryl methyl sites for hydroxylation is 1. The Morgan fingerprint density at radius 3 is 2.46 bits per heavy atom. The minimum Gasteiger partial charge on any atom is -0.287 e. The Morgan fingerprint density at radius 2 is 1.79 bits per heavy atom. The molecular formula is C18H16N4O2. The minimum atomic E-state index is -0.312. The lowest BCUT2D eigenvalue weighted by Crippen LogP contribution is -2.33. The predicted molar refractivity (Wildman–Crippen MR) is 90.7 cm³/mol. The van der Waals surface area contributed by atoms with E-state index < -0.39 is 0 Å². The number of hydrogen-bond donors (Lipinski definition) is 0. The van der Waals surface area contributed by atoms with Crippen LogP contribution in [-0.2, 0) is 13.6 Å². The summed E-state index contributed by atoms with van der Waals surface area (Å²) in [7, 11) is 1.52.